The van der Waals surface area contributed by atoms with Crippen molar-refractivity contribution in [2.75, 3.05) is 0 Å². The van der Waals surface area contributed by atoms with E-state index in [9.17, 15) is 0 Å². The lowest BCUT2D eigenvalue weighted by molar-refractivity contribution is 0.470. The summed E-state index contributed by atoms with van der Waals surface area (Å²) in [5.41, 5.74) is 1.20. The summed E-state index contributed by atoms with van der Waals surface area (Å²) in [4.78, 5) is 0. The van der Waals surface area contributed by atoms with Crippen LogP contribution in [-0.2, 0) is 5.75 Å². The monoisotopic (exact) mass is 268 g/mol. The van der Waals surface area contributed by atoms with Crippen molar-refractivity contribution < 1.29 is 4.42 Å². The molecular weight excluding hydrogens is 256 g/mol. The van der Waals surface area contributed by atoms with Gasteiger partial charge in [0.1, 0.15) is 0 Å². The predicted octanol–water partition coefficient (Wildman–Crippen LogP) is 4.03. The molecule has 1 aromatic carbocycles. The van der Waals surface area contributed by atoms with Gasteiger partial charge in [0.2, 0.25) is 11.8 Å². The highest BCUT2D eigenvalue weighted by atomic mass is 35.5. The number of hydrogen-bond donors (Lipinski definition) is 0. The average molecular weight is 269 g/mol. The van der Waals surface area contributed by atoms with Crippen LogP contribution in [0, 0.1) is 6.92 Å². The van der Waals surface area contributed by atoms with Gasteiger partial charge >= 0.3 is 0 Å². The number of thioether (sulfide) groups is 1. The maximum Gasteiger partial charge on any atom is 0.229 e. The highest BCUT2D eigenvalue weighted by molar-refractivity contribution is 7.98. The van der Waals surface area contributed by atoms with Crippen molar-refractivity contribution in [2.24, 2.45) is 0 Å². The molecule has 0 amide bonds. The Morgan fingerprint density at radius 2 is 2.24 bits per heavy atom. The Labute approximate surface area is 110 Å². The maximum absolute atomic E-state index is 5.93. The summed E-state index contributed by atoms with van der Waals surface area (Å²) in [6.45, 7) is 3.85. The van der Waals surface area contributed by atoms with E-state index in [4.69, 9.17) is 16.0 Å². The highest BCUT2D eigenvalue weighted by Gasteiger charge is 2.12. The third-order valence-electron chi connectivity index (χ3n) is 2.28. The summed E-state index contributed by atoms with van der Waals surface area (Å²) in [5, 5.41) is 8.80. The summed E-state index contributed by atoms with van der Waals surface area (Å²) >= 11 is 7.68. The minimum absolute atomic E-state index is 0.190. The topological polar surface area (TPSA) is 38.9 Å². The summed E-state index contributed by atoms with van der Waals surface area (Å²) in [5.74, 6) is 2.16. The van der Waals surface area contributed by atoms with E-state index in [-0.39, 0.29) is 5.25 Å². The first-order valence-electron chi connectivity index (χ1n) is 5.31. The van der Waals surface area contributed by atoms with Crippen LogP contribution in [0.15, 0.2) is 28.7 Å². The molecule has 2 rings (SSSR count). The summed E-state index contributed by atoms with van der Waals surface area (Å²) in [7, 11) is 0. The Bertz CT molecular complexity index is 501. The second-order valence-corrected chi connectivity index (χ2v) is 5.51. The van der Waals surface area contributed by atoms with Crippen LogP contribution < -0.4 is 0 Å². The minimum Gasteiger partial charge on any atom is -0.424 e. The zero-order valence-corrected chi connectivity index (χ0v) is 11.3. The van der Waals surface area contributed by atoms with E-state index >= 15 is 0 Å². The smallest absolute Gasteiger partial charge is 0.229 e. The van der Waals surface area contributed by atoms with Gasteiger partial charge in [0.25, 0.3) is 0 Å². The molecule has 2 aromatic rings. The van der Waals surface area contributed by atoms with Crippen LogP contribution in [0.1, 0.15) is 29.5 Å². The summed E-state index contributed by atoms with van der Waals surface area (Å²) in [6, 6.07) is 7.87. The quantitative estimate of drug-likeness (QED) is 0.839. The fourth-order valence-electron chi connectivity index (χ4n) is 1.40. The number of hydrogen-bond acceptors (Lipinski definition) is 4. The second kappa shape index (κ2) is 5.56. The van der Waals surface area contributed by atoms with Crippen LogP contribution in [0.2, 0.25) is 5.02 Å². The standard InChI is InChI=1S/C12H13ClN2OS/c1-8(12-15-14-9(2)16-12)17-7-10-4-3-5-11(13)6-10/h3-6,8H,7H2,1-2H3. The van der Waals surface area contributed by atoms with E-state index in [1.165, 1.54) is 5.56 Å². The average Bonchev–Trinajstić information content (AvgIpc) is 2.73. The van der Waals surface area contributed by atoms with Crippen LogP contribution in [0.3, 0.4) is 0 Å². The normalized spacial score (nSPS) is 12.6. The molecule has 0 aliphatic carbocycles. The van der Waals surface area contributed by atoms with E-state index in [0.717, 1.165) is 10.8 Å². The van der Waals surface area contributed by atoms with Gasteiger partial charge in [-0.15, -0.1) is 22.0 Å². The van der Waals surface area contributed by atoms with Crippen molar-refractivity contribution in [3.8, 4) is 0 Å². The van der Waals surface area contributed by atoms with Gasteiger partial charge < -0.3 is 4.42 Å². The fraction of sp³-hybridized carbons (Fsp3) is 0.333. The Balaban J connectivity index is 1.94. The lowest BCUT2D eigenvalue weighted by atomic mass is 10.2. The zero-order chi connectivity index (χ0) is 12.3. The molecule has 5 heteroatoms. The molecule has 1 atom stereocenters. The van der Waals surface area contributed by atoms with E-state index in [1.54, 1.807) is 18.7 Å². The predicted molar refractivity (Wildman–Crippen MR) is 70.2 cm³/mol. The van der Waals surface area contributed by atoms with Crippen molar-refractivity contribution in [1.29, 1.82) is 0 Å². The molecule has 0 saturated carbocycles. The third-order valence-corrected chi connectivity index (χ3v) is 3.72. The van der Waals surface area contributed by atoms with Crippen LogP contribution in [0.4, 0.5) is 0 Å². The molecule has 0 radical (unpaired) electrons. The van der Waals surface area contributed by atoms with Crippen molar-refractivity contribution in [3.63, 3.8) is 0 Å². The fourth-order valence-corrected chi connectivity index (χ4v) is 2.47. The number of rotatable bonds is 4. The Hall–Kier alpha value is -1.00. The van der Waals surface area contributed by atoms with Crippen LogP contribution >= 0.6 is 23.4 Å². The van der Waals surface area contributed by atoms with Gasteiger partial charge in [0, 0.05) is 17.7 Å². The van der Waals surface area contributed by atoms with Gasteiger partial charge in [-0.05, 0) is 24.6 Å². The molecule has 0 N–H and O–H groups in total. The minimum atomic E-state index is 0.190. The first-order chi connectivity index (χ1) is 8.15. The van der Waals surface area contributed by atoms with Crippen molar-refractivity contribution in [2.45, 2.75) is 24.9 Å². The van der Waals surface area contributed by atoms with Gasteiger partial charge in [0.15, 0.2) is 0 Å². The van der Waals surface area contributed by atoms with Crippen LogP contribution in [-0.4, -0.2) is 10.2 Å². The largest absolute Gasteiger partial charge is 0.424 e. The van der Waals surface area contributed by atoms with Crippen LogP contribution in [0.5, 0.6) is 0 Å². The van der Waals surface area contributed by atoms with E-state index < -0.39 is 0 Å². The molecule has 1 aromatic heterocycles. The molecular formula is C12H13ClN2OS. The molecule has 0 aliphatic rings. The SMILES string of the molecule is Cc1nnc(C(C)SCc2cccc(Cl)c2)o1. The number of benzene rings is 1. The lowest BCUT2D eigenvalue weighted by Crippen LogP contribution is -1.90. The molecule has 1 heterocycles. The van der Waals surface area contributed by atoms with E-state index in [0.29, 0.717) is 11.8 Å². The molecule has 0 saturated heterocycles. The Morgan fingerprint density at radius 3 is 2.88 bits per heavy atom. The Kier molecular flexibility index (Phi) is 4.07. The molecule has 0 bridgehead atoms. The third kappa shape index (κ3) is 3.48. The number of aromatic nitrogens is 2. The number of nitrogens with zero attached hydrogens (tertiary/aromatic N) is 2. The molecule has 3 nitrogen and oxygen atoms in total. The highest BCUT2D eigenvalue weighted by Crippen LogP contribution is 2.30. The maximum atomic E-state index is 5.93. The van der Waals surface area contributed by atoms with Gasteiger partial charge in [-0.3, -0.25) is 0 Å². The molecule has 1 unspecified atom stereocenters. The van der Waals surface area contributed by atoms with Gasteiger partial charge in [0.05, 0.1) is 5.25 Å². The van der Waals surface area contributed by atoms with Crippen molar-refractivity contribution in [3.05, 3.63) is 46.6 Å². The van der Waals surface area contributed by atoms with E-state index in [1.807, 2.05) is 18.2 Å². The summed E-state index contributed by atoms with van der Waals surface area (Å²) in [6.07, 6.45) is 0. The number of aryl methyl sites for hydroxylation is 1. The first-order valence-corrected chi connectivity index (χ1v) is 6.74. The van der Waals surface area contributed by atoms with Gasteiger partial charge in [-0.25, -0.2) is 0 Å². The second-order valence-electron chi connectivity index (χ2n) is 3.74. The molecule has 0 aliphatic heterocycles. The Morgan fingerprint density at radius 1 is 1.41 bits per heavy atom. The molecule has 0 spiro atoms. The molecule has 17 heavy (non-hydrogen) atoms. The van der Waals surface area contributed by atoms with Gasteiger partial charge in [-0.2, -0.15) is 0 Å². The summed E-state index contributed by atoms with van der Waals surface area (Å²) < 4.78 is 5.39. The van der Waals surface area contributed by atoms with Crippen molar-refractivity contribution >= 4 is 23.4 Å². The lowest BCUT2D eigenvalue weighted by Gasteiger charge is -2.06. The van der Waals surface area contributed by atoms with E-state index in [2.05, 4.69) is 23.2 Å². The van der Waals surface area contributed by atoms with Crippen molar-refractivity contribution in [1.82, 2.24) is 10.2 Å². The first kappa shape index (κ1) is 12.5. The zero-order valence-electron chi connectivity index (χ0n) is 9.68. The molecule has 0 fully saturated rings. The number of halogens is 1. The van der Waals surface area contributed by atoms with Crippen LogP contribution in [0.25, 0.3) is 0 Å². The van der Waals surface area contributed by atoms with Gasteiger partial charge in [-0.1, -0.05) is 23.7 Å². The molecule has 90 valence electrons.